The summed E-state index contributed by atoms with van der Waals surface area (Å²) in [6.07, 6.45) is 3.43. The zero-order chi connectivity index (χ0) is 18.7. The Morgan fingerprint density at radius 3 is 2.62 bits per heavy atom. The van der Waals surface area contributed by atoms with E-state index in [1.54, 1.807) is 6.07 Å². The summed E-state index contributed by atoms with van der Waals surface area (Å²) in [6.45, 7) is 1.33. The van der Waals surface area contributed by atoms with Gasteiger partial charge in [0.15, 0.2) is 0 Å². The van der Waals surface area contributed by atoms with E-state index in [0.29, 0.717) is 11.4 Å². The number of primary amides is 1. The number of nitrogens with two attached hydrogens (primary N) is 1. The van der Waals surface area contributed by atoms with E-state index in [9.17, 15) is 18.8 Å². The Hall–Kier alpha value is -3.16. The molecule has 3 rings (SSSR count). The third-order valence-corrected chi connectivity index (χ3v) is 4.24. The summed E-state index contributed by atoms with van der Waals surface area (Å²) in [5.41, 5.74) is 5.34. The molecular weight excluding hydrogens is 339 g/mol. The average molecular weight is 358 g/mol. The lowest BCUT2D eigenvalue weighted by Crippen LogP contribution is -2.32. The Labute approximate surface area is 149 Å². The van der Waals surface area contributed by atoms with Gasteiger partial charge in [-0.2, -0.15) is 0 Å². The van der Waals surface area contributed by atoms with Crippen molar-refractivity contribution in [2.75, 3.05) is 23.3 Å². The molecule has 3 N–H and O–H groups in total. The first kappa shape index (κ1) is 17.7. The molecule has 26 heavy (non-hydrogen) atoms. The highest BCUT2D eigenvalue weighted by molar-refractivity contribution is 6.05. The number of pyridine rings is 1. The average Bonchev–Trinajstić information content (AvgIpc) is 3.10. The number of nitrogens with zero attached hydrogens (tertiary/aromatic N) is 2. The molecule has 0 atom stereocenters. The zero-order valence-electron chi connectivity index (χ0n) is 14.1. The molecule has 2 heterocycles. The minimum absolute atomic E-state index is 0.148. The number of hydrogen-bond donors (Lipinski definition) is 2. The SMILES string of the molecule is NC(=O)Cn1cccc(C(=O)Nc2cc(F)ccc2N2CCCC2)c1=O. The maximum atomic E-state index is 13.7. The van der Waals surface area contributed by atoms with Gasteiger partial charge < -0.3 is 20.5 Å². The van der Waals surface area contributed by atoms with Crippen molar-refractivity contribution in [2.45, 2.75) is 19.4 Å². The lowest BCUT2D eigenvalue weighted by Gasteiger charge is -2.21. The topological polar surface area (TPSA) is 97.4 Å². The van der Waals surface area contributed by atoms with Crippen LogP contribution >= 0.6 is 0 Å². The Balaban J connectivity index is 1.90. The van der Waals surface area contributed by atoms with Gasteiger partial charge in [-0.3, -0.25) is 14.4 Å². The molecule has 8 heteroatoms. The van der Waals surface area contributed by atoms with Gasteiger partial charge in [-0.25, -0.2) is 4.39 Å². The van der Waals surface area contributed by atoms with Gasteiger partial charge in [0.25, 0.3) is 11.5 Å². The monoisotopic (exact) mass is 358 g/mol. The molecule has 1 saturated heterocycles. The van der Waals surface area contributed by atoms with Gasteiger partial charge in [-0.1, -0.05) is 0 Å². The van der Waals surface area contributed by atoms with Crippen LogP contribution in [0.3, 0.4) is 0 Å². The Kier molecular flexibility index (Phi) is 5.01. The number of carbonyl (C=O) groups is 2. The van der Waals surface area contributed by atoms with Crippen LogP contribution in [0.2, 0.25) is 0 Å². The summed E-state index contributed by atoms with van der Waals surface area (Å²) in [4.78, 5) is 38.0. The van der Waals surface area contributed by atoms with E-state index in [4.69, 9.17) is 5.73 Å². The summed E-state index contributed by atoms with van der Waals surface area (Å²) in [5.74, 6) is -1.84. The highest BCUT2D eigenvalue weighted by Crippen LogP contribution is 2.29. The molecular formula is C18H19FN4O3. The number of hydrogen-bond acceptors (Lipinski definition) is 4. The molecule has 0 radical (unpaired) electrons. The minimum atomic E-state index is -0.689. The highest BCUT2D eigenvalue weighted by Gasteiger charge is 2.19. The van der Waals surface area contributed by atoms with Crippen molar-refractivity contribution in [3.8, 4) is 0 Å². The first-order valence-electron chi connectivity index (χ1n) is 8.29. The quantitative estimate of drug-likeness (QED) is 0.842. The van der Waals surface area contributed by atoms with Crippen LogP contribution in [0.25, 0.3) is 0 Å². The summed E-state index contributed by atoms with van der Waals surface area (Å²) >= 11 is 0. The molecule has 1 aromatic heterocycles. The van der Waals surface area contributed by atoms with Gasteiger partial charge in [0.2, 0.25) is 5.91 Å². The molecule has 1 fully saturated rings. The standard InChI is InChI=1S/C18H19FN4O3/c19-12-5-6-15(22-7-1-2-8-22)14(10-12)21-17(25)13-4-3-9-23(18(13)26)11-16(20)24/h3-6,9-10H,1-2,7-8,11H2,(H2,20,24)(H,21,25). The highest BCUT2D eigenvalue weighted by atomic mass is 19.1. The van der Waals surface area contributed by atoms with Crippen molar-refractivity contribution >= 4 is 23.2 Å². The third-order valence-electron chi connectivity index (χ3n) is 4.24. The van der Waals surface area contributed by atoms with Crippen LogP contribution < -0.4 is 21.5 Å². The van der Waals surface area contributed by atoms with Gasteiger partial charge in [-0.05, 0) is 43.2 Å². The molecule has 1 aliphatic heterocycles. The number of nitrogens with one attached hydrogen (secondary N) is 1. The van der Waals surface area contributed by atoms with Crippen LogP contribution in [0.1, 0.15) is 23.2 Å². The molecule has 2 aromatic rings. The third kappa shape index (κ3) is 3.74. The number of amides is 2. The van der Waals surface area contributed by atoms with Gasteiger partial charge in [0.05, 0.1) is 11.4 Å². The van der Waals surface area contributed by atoms with Crippen molar-refractivity contribution in [2.24, 2.45) is 5.73 Å². The lowest BCUT2D eigenvalue weighted by molar-refractivity contribution is -0.118. The molecule has 7 nitrogen and oxygen atoms in total. The van der Waals surface area contributed by atoms with Gasteiger partial charge in [0, 0.05) is 19.3 Å². The molecule has 0 saturated carbocycles. The number of rotatable bonds is 5. The number of anilines is 2. The van der Waals surface area contributed by atoms with E-state index >= 15 is 0 Å². The second-order valence-electron chi connectivity index (χ2n) is 6.13. The van der Waals surface area contributed by atoms with Crippen molar-refractivity contribution in [3.05, 3.63) is 58.3 Å². The van der Waals surface area contributed by atoms with Crippen LogP contribution in [0.4, 0.5) is 15.8 Å². The summed E-state index contributed by atoms with van der Waals surface area (Å²) in [5, 5.41) is 2.62. The van der Waals surface area contributed by atoms with E-state index in [1.165, 1.54) is 30.5 Å². The number of halogens is 1. The van der Waals surface area contributed by atoms with Crippen LogP contribution in [-0.4, -0.2) is 29.5 Å². The van der Waals surface area contributed by atoms with Crippen molar-refractivity contribution < 1.29 is 14.0 Å². The lowest BCUT2D eigenvalue weighted by atomic mass is 10.2. The smallest absolute Gasteiger partial charge is 0.263 e. The molecule has 0 aliphatic carbocycles. The van der Waals surface area contributed by atoms with Crippen molar-refractivity contribution in [1.29, 1.82) is 0 Å². The van der Waals surface area contributed by atoms with Crippen LogP contribution in [-0.2, 0) is 11.3 Å². The molecule has 1 aromatic carbocycles. The maximum absolute atomic E-state index is 13.7. The minimum Gasteiger partial charge on any atom is -0.370 e. The number of aromatic nitrogens is 1. The fourth-order valence-corrected chi connectivity index (χ4v) is 3.03. The van der Waals surface area contributed by atoms with Crippen molar-refractivity contribution in [1.82, 2.24) is 4.57 Å². The summed E-state index contributed by atoms with van der Waals surface area (Å²) in [7, 11) is 0. The Bertz CT molecular complexity index is 904. The van der Waals surface area contributed by atoms with Crippen molar-refractivity contribution in [3.63, 3.8) is 0 Å². The molecule has 0 unspecified atom stereocenters. The number of benzene rings is 1. The molecule has 2 amide bonds. The first-order chi connectivity index (χ1) is 12.5. The van der Waals surface area contributed by atoms with Crippen LogP contribution in [0.15, 0.2) is 41.3 Å². The Morgan fingerprint density at radius 2 is 1.92 bits per heavy atom. The summed E-state index contributed by atoms with van der Waals surface area (Å²) in [6, 6.07) is 7.02. The van der Waals surface area contributed by atoms with Gasteiger partial charge in [0.1, 0.15) is 17.9 Å². The normalized spacial score (nSPS) is 13.7. The molecule has 0 bridgehead atoms. The fraction of sp³-hybridized carbons (Fsp3) is 0.278. The van der Waals surface area contributed by atoms with Gasteiger partial charge >= 0.3 is 0 Å². The van der Waals surface area contributed by atoms with E-state index < -0.39 is 23.2 Å². The largest absolute Gasteiger partial charge is 0.370 e. The molecule has 1 aliphatic rings. The maximum Gasteiger partial charge on any atom is 0.263 e. The van der Waals surface area contributed by atoms with E-state index in [-0.39, 0.29) is 12.1 Å². The van der Waals surface area contributed by atoms with Gasteiger partial charge in [-0.15, -0.1) is 0 Å². The van der Waals surface area contributed by atoms with E-state index in [0.717, 1.165) is 30.5 Å². The Morgan fingerprint density at radius 1 is 1.19 bits per heavy atom. The predicted molar refractivity (Wildman–Crippen MR) is 95.7 cm³/mol. The second-order valence-corrected chi connectivity index (χ2v) is 6.13. The second kappa shape index (κ2) is 7.38. The van der Waals surface area contributed by atoms with Crippen LogP contribution in [0, 0.1) is 5.82 Å². The van der Waals surface area contributed by atoms with E-state index in [1.807, 2.05) is 0 Å². The summed E-state index contributed by atoms with van der Waals surface area (Å²) < 4.78 is 14.7. The molecule has 136 valence electrons. The number of carbonyl (C=O) groups excluding carboxylic acids is 2. The fourth-order valence-electron chi connectivity index (χ4n) is 3.03. The predicted octanol–water partition coefficient (Wildman–Crippen LogP) is 1.33. The van der Waals surface area contributed by atoms with E-state index in [2.05, 4.69) is 10.2 Å². The first-order valence-corrected chi connectivity index (χ1v) is 8.29. The van der Waals surface area contributed by atoms with Crippen LogP contribution in [0.5, 0.6) is 0 Å². The molecule has 0 spiro atoms. The zero-order valence-corrected chi connectivity index (χ0v) is 14.1.